The van der Waals surface area contributed by atoms with Gasteiger partial charge in [-0.1, -0.05) is 36.4 Å². The fourth-order valence-electron chi connectivity index (χ4n) is 3.62. The summed E-state index contributed by atoms with van der Waals surface area (Å²) in [5.74, 6) is 1.09. The maximum absolute atomic E-state index is 12.2. The van der Waals surface area contributed by atoms with Gasteiger partial charge in [0.2, 0.25) is 5.91 Å². The molecule has 2 heterocycles. The number of piperazine rings is 1. The normalized spacial score (nSPS) is 13.9. The van der Waals surface area contributed by atoms with Crippen molar-refractivity contribution >= 4 is 23.1 Å². The Hall–Kier alpha value is -3.34. The maximum Gasteiger partial charge on any atom is 0.224 e. The minimum Gasteiger partial charge on any atom is -0.368 e. The average Bonchev–Trinajstić information content (AvgIpc) is 2.80. The number of amides is 1. The first-order valence-electron chi connectivity index (χ1n) is 10.1. The van der Waals surface area contributed by atoms with Crippen molar-refractivity contribution in [1.29, 1.82) is 0 Å². The summed E-state index contributed by atoms with van der Waals surface area (Å²) in [7, 11) is 0. The predicted octanol–water partition coefficient (Wildman–Crippen LogP) is 3.98. The van der Waals surface area contributed by atoms with Gasteiger partial charge in [-0.3, -0.25) is 4.79 Å². The third-order valence-electron chi connectivity index (χ3n) is 5.25. The van der Waals surface area contributed by atoms with E-state index in [1.807, 2.05) is 48.7 Å². The van der Waals surface area contributed by atoms with Crippen LogP contribution in [0.2, 0.25) is 0 Å². The lowest BCUT2D eigenvalue weighted by molar-refractivity contribution is -0.116. The van der Waals surface area contributed by atoms with Gasteiger partial charge in [-0.25, -0.2) is 4.98 Å². The molecule has 0 unspecified atom stereocenters. The van der Waals surface area contributed by atoms with Crippen LogP contribution in [0.5, 0.6) is 0 Å². The molecule has 0 atom stereocenters. The molecule has 0 radical (unpaired) electrons. The highest BCUT2D eigenvalue weighted by Gasteiger charge is 2.18. The fourth-order valence-corrected chi connectivity index (χ4v) is 3.62. The summed E-state index contributed by atoms with van der Waals surface area (Å²) < 4.78 is 0. The van der Waals surface area contributed by atoms with E-state index in [2.05, 4.69) is 50.4 Å². The molecule has 1 aromatic heterocycles. The Labute approximate surface area is 172 Å². The van der Waals surface area contributed by atoms with Crippen molar-refractivity contribution in [1.82, 2.24) is 4.98 Å². The number of carbonyl (C=O) groups excluding carboxylic acids is 1. The number of pyridine rings is 1. The minimum absolute atomic E-state index is 0.0468. The van der Waals surface area contributed by atoms with Gasteiger partial charge in [0.25, 0.3) is 0 Å². The van der Waals surface area contributed by atoms with E-state index in [4.69, 9.17) is 0 Å². The fraction of sp³-hybridized carbons (Fsp3) is 0.250. The molecule has 1 fully saturated rings. The highest BCUT2D eigenvalue weighted by atomic mass is 16.1. The number of rotatable bonds is 6. The Morgan fingerprint density at radius 2 is 1.52 bits per heavy atom. The van der Waals surface area contributed by atoms with Gasteiger partial charge >= 0.3 is 0 Å². The molecule has 3 aromatic rings. The number of anilines is 3. The standard InChI is InChI=1S/C24H26N4O/c29-24(14-9-20-6-2-1-3-7-20)26-21-10-12-22(13-11-21)27-16-18-28(19-17-27)23-8-4-5-15-25-23/h1-8,10-13,15H,9,14,16-19H2,(H,26,29). The zero-order chi connectivity index (χ0) is 19.9. The summed E-state index contributed by atoms with van der Waals surface area (Å²) in [6.45, 7) is 3.82. The second kappa shape index (κ2) is 9.24. The highest BCUT2D eigenvalue weighted by molar-refractivity contribution is 5.91. The van der Waals surface area contributed by atoms with Gasteiger partial charge in [0.15, 0.2) is 0 Å². The minimum atomic E-state index is 0.0468. The number of nitrogens with zero attached hydrogens (tertiary/aromatic N) is 3. The van der Waals surface area contributed by atoms with E-state index in [0.29, 0.717) is 6.42 Å². The van der Waals surface area contributed by atoms with Crippen molar-refractivity contribution in [2.75, 3.05) is 41.3 Å². The Morgan fingerprint density at radius 1 is 0.828 bits per heavy atom. The summed E-state index contributed by atoms with van der Waals surface area (Å²) in [5.41, 5.74) is 3.22. The van der Waals surface area contributed by atoms with Crippen LogP contribution in [0.25, 0.3) is 0 Å². The predicted molar refractivity (Wildman–Crippen MR) is 118 cm³/mol. The molecule has 5 heteroatoms. The van der Waals surface area contributed by atoms with Crippen LogP contribution in [-0.2, 0) is 11.2 Å². The lowest BCUT2D eigenvalue weighted by atomic mass is 10.1. The smallest absolute Gasteiger partial charge is 0.224 e. The van der Waals surface area contributed by atoms with Gasteiger partial charge in [-0.2, -0.15) is 0 Å². The van der Waals surface area contributed by atoms with Gasteiger partial charge in [0.1, 0.15) is 5.82 Å². The van der Waals surface area contributed by atoms with E-state index in [0.717, 1.165) is 44.1 Å². The largest absolute Gasteiger partial charge is 0.368 e. The van der Waals surface area contributed by atoms with Gasteiger partial charge in [-0.15, -0.1) is 0 Å². The molecule has 148 valence electrons. The molecule has 1 N–H and O–H groups in total. The summed E-state index contributed by atoms with van der Waals surface area (Å²) in [4.78, 5) is 21.3. The lowest BCUT2D eigenvalue weighted by Gasteiger charge is -2.36. The van der Waals surface area contributed by atoms with E-state index in [1.165, 1.54) is 11.3 Å². The summed E-state index contributed by atoms with van der Waals surface area (Å²) >= 11 is 0. The van der Waals surface area contributed by atoms with Crippen molar-refractivity contribution in [2.45, 2.75) is 12.8 Å². The van der Waals surface area contributed by atoms with Crippen molar-refractivity contribution in [3.8, 4) is 0 Å². The molecule has 5 nitrogen and oxygen atoms in total. The zero-order valence-corrected chi connectivity index (χ0v) is 16.5. The molecule has 0 spiro atoms. The van der Waals surface area contributed by atoms with E-state index in [9.17, 15) is 4.79 Å². The monoisotopic (exact) mass is 386 g/mol. The molecular formula is C24H26N4O. The van der Waals surface area contributed by atoms with E-state index in [-0.39, 0.29) is 5.91 Å². The number of hydrogen-bond donors (Lipinski definition) is 1. The van der Waals surface area contributed by atoms with Crippen LogP contribution in [-0.4, -0.2) is 37.1 Å². The van der Waals surface area contributed by atoms with Crippen molar-refractivity contribution in [2.24, 2.45) is 0 Å². The van der Waals surface area contributed by atoms with Crippen LogP contribution in [0.3, 0.4) is 0 Å². The quantitative estimate of drug-likeness (QED) is 0.696. The van der Waals surface area contributed by atoms with Gasteiger partial charge in [-0.05, 0) is 48.4 Å². The summed E-state index contributed by atoms with van der Waals surface area (Å²) in [5, 5.41) is 3.00. The Bertz CT molecular complexity index is 905. The van der Waals surface area contributed by atoms with E-state index < -0.39 is 0 Å². The lowest BCUT2D eigenvalue weighted by Crippen LogP contribution is -2.46. The molecule has 1 aliphatic heterocycles. The van der Waals surface area contributed by atoms with Crippen molar-refractivity contribution < 1.29 is 4.79 Å². The van der Waals surface area contributed by atoms with Crippen LogP contribution < -0.4 is 15.1 Å². The molecule has 1 aliphatic rings. The van der Waals surface area contributed by atoms with Crippen molar-refractivity contribution in [3.63, 3.8) is 0 Å². The number of benzene rings is 2. The maximum atomic E-state index is 12.2. The summed E-state index contributed by atoms with van der Waals surface area (Å²) in [6.07, 6.45) is 3.08. The molecule has 1 amide bonds. The van der Waals surface area contributed by atoms with Gasteiger partial charge in [0, 0.05) is 50.2 Å². The highest BCUT2D eigenvalue weighted by Crippen LogP contribution is 2.21. The molecule has 1 saturated heterocycles. The first kappa shape index (κ1) is 19.0. The zero-order valence-electron chi connectivity index (χ0n) is 16.5. The Morgan fingerprint density at radius 3 is 2.21 bits per heavy atom. The second-order valence-electron chi connectivity index (χ2n) is 7.24. The van der Waals surface area contributed by atoms with E-state index in [1.54, 1.807) is 0 Å². The number of nitrogens with one attached hydrogen (secondary N) is 1. The number of carbonyl (C=O) groups is 1. The number of aryl methyl sites for hydroxylation is 1. The Kier molecular flexibility index (Phi) is 6.05. The molecule has 0 saturated carbocycles. The third-order valence-corrected chi connectivity index (χ3v) is 5.25. The second-order valence-corrected chi connectivity index (χ2v) is 7.24. The van der Waals surface area contributed by atoms with Crippen LogP contribution in [0, 0.1) is 0 Å². The molecule has 0 bridgehead atoms. The molecule has 2 aromatic carbocycles. The first-order valence-corrected chi connectivity index (χ1v) is 10.1. The van der Waals surface area contributed by atoms with Crippen LogP contribution in [0.15, 0.2) is 79.0 Å². The van der Waals surface area contributed by atoms with Crippen LogP contribution >= 0.6 is 0 Å². The molecule has 29 heavy (non-hydrogen) atoms. The third kappa shape index (κ3) is 5.13. The van der Waals surface area contributed by atoms with Crippen LogP contribution in [0.1, 0.15) is 12.0 Å². The van der Waals surface area contributed by atoms with Gasteiger partial charge in [0.05, 0.1) is 0 Å². The van der Waals surface area contributed by atoms with Gasteiger partial charge < -0.3 is 15.1 Å². The first-order chi connectivity index (χ1) is 14.3. The average molecular weight is 386 g/mol. The SMILES string of the molecule is O=C(CCc1ccccc1)Nc1ccc(N2CCN(c3ccccn3)CC2)cc1. The molecular weight excluding hydrogens is 360 g/mol. The number of hydrogen-bond acceptors (Lipinski definition) is 4. The Balaban J connectivity index is 1.26. The topological polar surface area (TPSA) is 48.5 Å². The van der Waals surface area contributed by atoms with Crippen molar-refractivity contribution in [3.05, 3.63) is 84.6 Å². The molecule has 4 rings (SSSR count). The number of aromatic nitrogens is 1. The van der Waals surface area contributed by atoms with E-state index >= 15 is 0 Å². The molecule has 0 aliphatic carbocycles. The van der Waals surface area contributed by atoms with Crippen LogP contribution in [0.4, 0.5) is 17.2 Å². The summed E-state index contributed by atoms with van der Waals surface area (Å²) in [6, 6.07) is 24.3.